The molecule has 0 aromatic rings. The molecule has 2 rings (SSSR count). The Kier molecular flexibility index (Phi) is 36.9. The van der Waals surface area contributed by atoms with Gasteiger partial charge in [0.2, 0.25) is 5.91 Å². The zero-order chi connectivity index (χ0) is 48.9. The van der Waals surface area contributed by atoms with E-state index in [-0.39, 0.29) is 18.9 Å². The van der Waals surface area contributed by atoms with Crippen molar-refractivity contribution in [3.05, 3.63) is 24.3 Å². The monoisotopic (exact) mass is 958 g/mol. The van der Waals surface area contributed by atoms with Crippen LogP contribution in [0, 0.1) is 0 Å². The number of carbonyl (C=O) groups excluding carboxylic acids is 1. The smallest absolute Gasteiger partial charge is 0.220 e. The van der Waals surface area contributed by atoms with Gasteiger partial charge in [-0.2, -0.15) is 0 Å². The van der Waals surface area contributed by atoms with Gasteiger partial charge in [0.15, 0.2) is 12.6 Å². The summed E-state index contributed by atoms with van der Waals surface area (Å²) in [4.78, 5) is 13.1. The summed E-state index contributed by atoms with van der Waals surface area (Å²) in [5, 5.41) is 86.8. The maximum Gasteiger partial charge on any atom is 0.220 e. The third-order valence-electron chi connectivity index (χ3n) is 13.4. The molecule has 0 aromatic heterocycles. The third kappa shape index (κ3) is 27.0. The zero-order valence-corrected chi connectivity index (χ0v) is 41.9. The minimum Gasteiger partial charge on any atom is -0.394 e. The lowest BCUT2D eigenvalue weighted by atomic mass is 9.97. The van der Waals surface area contributed by atoms with Crippen LogP contribution >= 0.6 is 0 Å². The SMILES string of the molecule is CCCC/C=C\CCCCCCCC(=O)NC(COC1OC(CO)C(OC2OC(CO)C(O)C(O)C2O)C(O)C1O)C(O)/C=C/CCCCCCCCCCCCCCCCCCCCCC. The topological polar surface area (TPSA) is 228 Å². The van der Waals surface area contributed by atoms with Crippen LogP contribution in [-0.4, -0.2) is 140 Å². The molecule has 394 valence electrons. The van der Waals surface area contributed by atoms with Crippen LogP contribution in [0.4, 0.5) is 0 Å². The van der Waals surface area contributed by atoms with Gasteiger partial charge in [-0.15, -0.1) is 0 Å². The number of unbranched alkanes of at least 4 members (excludes halogenated alkanes) is 27. The number of rotatable bonds is 42. The highest BCUT2D eigenvalue weighted by Gasteiger charge is 2.51. The van der Waals surface area contributed by atoms with Crippen LogP contribution in [0.25, 0.3) is 0 Å². The summed E-state index contributed by atoms with van der Waals surface area (Å²) in [6.45, 7) is 2.75. The highest BCUT2D eigenvalue weighted by atomic mass is 16.7. The first-order chi connectivity index (χ1) is 32.6. The predicted octanol–water partition coefficient (Wildman–Crippen LogP) is 7.72. The summed E-state index contributed by atoms with van der Waals surface area (Å²) in [5.74, 6) is -0.250. The molecule has 67 heavy (non-hydrogen) atoms. The minimum atomic E-state index is -1.79. The maximum absolute atomic E-state index is 13.1. The Morgan fingerprint density at radius 3 is 1.46 bits per heavy atom. The molecule has 0 aromatic carbocycles. The van der Waals surface area contributed by atoms with Gasteiger partial charge in [0.05, 0.1) is 32.0 Å². The van der Waals surface area contributed by atoms with Crippen LogP contribution in [0.3, 0.4) is 0 Å². The number of aliphatic hydroxyl groups is 8. The minimum absolute atomic E-state index is 0.250. The molecular formula is C53H99NO13. The molecule has 9 N–H and O–H groups in total. The van der Waals surface area contributed by atoms with Gasteiger partial charge in [-0.1, -0.05) is 192 Å². The van der Waals surface area contributed by atoms with E-state index in [1.807, 2.05) is 6.08 Å². The van der Waals surface area contributed by atoms with Crippen LogP contribution < -0.4 is 5.32 Å². The Labute approximate surface area is 405 Å². The molecule has 12 unspecified atom stereocenters. The number of ether oxygens (including phenoxy) is 4. The average Bonchev–Trinajstić information content (AvgIpc) is 3.32. The highest BCUT2D eigenvalue weighted by Crippen LogP contribution is 2.30. The molecular weight excluding hydrogens is 859 g/mol. The van der Waals surface area contributed by atoms with Gasteiger partial charge < -0.3 is 65.1 Å². The Balaban J connectivity index is 1.79. The van der Waals surface area contributed by atoms with E-state index in [4.69, 9.17) is 18.9 Å². The lowest BCUT2D eigenvalue weighted by Crippen LogP contribution is -2.65. The predicted molar refractivity (Wildman–Crippen MR) is 263 cm³/mol. The van der Waals surface area contributed by atoms with Crippen molar-refractivity contribution >= 4 is 5.91 Å². The Bertz CT molecular complexity index is 1220. The van der Waals surface area contributed by atoms with Crippen molar-refractivity contribution in [1.82, 2.24) is 5.32 Å². The summed E-state index contributed by atoms with van der Waals surface area (Å²) in [6.07, 6.45) is 28.0. The quantitative estimate of drug-likeness (QED) is 0.0211. The van der Waals surface area contributed by atoms with Crippen LogP contribution in [0.1, 0.15) is 213 Å². The molecule has 0 spiro atoms. The second-order valence-corrected chi connectivity index (χ2v) is 19.4. The van der Waals surface area contributed by atoms with Gasteiger partial charge in [-0.05, 0) is 38.5 Å². The summed E-state index contributed by atoms with van der Waals surface area (Å²) in [6, 6.07) is -0.915. The standard InChI is InChI=1S/C53H99NO13/c1-3-5-7-9-11-13-15-16-17-18-19-20-21-22-23-24-25-27-28-30-32-34-36-42(57)41(54-45(58)37-35-33-31-29-26-14-12-10-8-6-4-2)40-64-52-50(63)48(61)51(44(39-56)66-52)67-53-49(62)47(60)46(59)43(38-55)65-53/h10,12,34,36,41-44,46-53,55-57,59-63H,3-9,11,13-33,35,37-40H2,1-2H3,(H,54,58)/b12-10-,36-34+. The Morgan fingerprint density at radius 1 is 0.522 bits per heavy atom. The molecule has 0 radical (unpaired) electrons. The first kappa shape index (κ1) is 61.6. The number of allylic oxidation sites excluding steroid dienone is 3. The molecule has 12 atom stereocenters. The number of hydrogen-bond acceptors (Lipinski definition) is 13. The van der Waals surface area contributed by atoms with Crippen molar-refractivity contribution in [2.24, 2.45) is 0 Å². The zero-order valence-electron chi connectivity index (χ0n) is 41.9. The fourth-order valence-corrected chi connectivity index (χ4v) is 8.92. The molecule has 0 bridgehead atoms. The van der Waals surface area contributed by atoms with Gasteiger partial charge >= 0.3 is 0 Å². The van der Waals surface area contributed by atoms with E-state index < -0.39 is 86.8 Å². The van der Waals surface area contributed by atoms with E-state index >= 15 is 0 Å². The summed E-state index contributed by atoms with van der Waals surface area (Å²) in [5.41, 5.74) is 0. The van der Waals surface area contributed by atoms with Crippen LogP contribution in [0.15, 0.2) is 24.3 Å². The summed E-state index contributed by atoms with van der Waals surface area (Å²) >= 11 is 0. The van der Waals surface area contributed by atoms with E-state index in [2.05, 4.69) is 31.3 Å². The number of hydrogen-bond donors (Lipinski definition) is 9. The summed E-state index contributed by atoms with van der Waals surface area (Å²) in [7, 11) is 0. The molecule has 2 aliphatic heterocycles. The van der Waals surface area contributed by atoms with Gasteiger partial charge in [0.25, 0.3) is 0 Å². The summed E-state index contributed by atoms with van der Waals surface area (Å²) < 4.78 is 22.7. The first-order valence-electron chi connectivity index (χ1n) is 27.1. The molecule has 2 fully saturated rings. The van der Waals surface area contributed by atoms with Crippen LogP contribution in [0.5, 0.6) is 0 Å². The van der Waals surface area contributed by atoms with Crippen molar-refractivity contribution in [1.29, 1.82) is 0 Å². The molecule has 2 heterocycles. The lowest BCUT2D eigenvalue weighted by Gasteiger charge is -2.46. The molecule has 2 saturated heterocycles. The van der Waals surface area contributed by atoms with E-state index in [1.54, 1.807) is 6.08 Å². The molecule has 14 heteroatoms. The van der Waals surface area contributed by atoms with Gasteiger partial charge in [-0.3, -0.25) is 4.79 Å². The van der Waals surface area contributed by atoms with Crippen LogP contribution in [0.2, 0.25) is 0 Å². The Hall–Kier alpha value is -1.53. The van der Waals surface area contributed by atoms with Crippen molar-refractivity contribution in [3.8, 4) is 0 Å². The maximum atomic E-state index is 13.1. The molecule has 14 nitrogen and oxygen atoms in total. The van der Waals surface area contributed by atoms with Gasteiger partial charge in [0.1, 0.15) is 48.8 Å². The second-order valence-electron chi connectivity index (χ2n) is 19.4. The van der Waals surface area contributed by atoms with Crippen molar-refractivity contribution in [2.45, 2.75) is 286 Å². The molecule has 0 aliphatic carbocycles. The van der Waals surface area contributed by atoms with E-state index in [9.17, 15) is 45.6 Å². The van der Waals surface area contributed by atoms with Crippen molar-refractivity contribution in [2.75, 3.05) is 19.8 Å². The highest BCUT2D eigenvalue weighted by molar-refractivity contribution is 5.76. The number of amides is 1. The van der Waals surface area contributed by atoms with E-state index in [1.165, 1.54) is 128 Å². The van der Waals surface area contributed by atoms with Crippen molar-refractivity contribution < 1.29 is 64.6 Å². The fourth-order valence-electron chi connectivity index (χ4n) is 8.92. The second kappa shape index (κ2) is 40.1. The van der Waals surface area contributed by atoms with Gasteiger partial charge in [0, 0.05) is 6.42 Å². The van der Waals surface area contributed by atoms with Crippen molar-refractivity contribution in [3.63, 3.8) is 0 Å². The van der Waals surface area contributed by atoms with Gasteiger partial charge in [-0.25, -0.2) is 0 Å². The first-order valence-corrected chi connectivity index (χ1v) is 27.1. The molecule has 2 aliphatic rings. The van der Waals surface area contributed by atoms with E-state index in [0.717, 1.165) is 57.8 Å². The molecule has 0 saturated carbocycles. The van der Waals surface area contributed by atoms with Crippen LogP contribution in [-0.2, 0) is 23.7 Å². The average molecular weight is 958 g/mol. The third-order valence-corrected chi connectivity index (χ3v) is 13.4. The number of nitrogens with one attached hydrogen (secondary N) is 1. The Morgan fingerprint density at radius 2 is 0.955 bits per heavy atom. The number of carbonyl (C=O) groups is 1. The largest absolute Gasteiger partial charge is 0.394 e. The normalized spacial score (nSPS) is 26.7. The number of aliphatic hydroxyl groups excluding tert-OH is 8. The molecule has 1 amide bonds. The van der Waals surface area contributed by atoms with E-state index in [0.29, 0.717) is 6.42 Å². The lowest BCUT2D eigenvalue weighted by molar-refractivity contribution is -0.359. The fraction of sp³-hybridized carbons (Fsp3) is 0.906.